The number of nitriles is 1. The van der Waals surface area contributed by atoms with Crippen LogP contribution in [0.3, 0.4) is 0 Å². The molecule has 1 aromatic carbocycles. The molecule has 0 unspecified atom stereocenters. The van der Waals surface area contributed by atoms with Gasteiger partial charge in [0.05, 0.1) is 16.9 Å². The number of rotatable bonds is 7. The Morgan fingerprint density at radius 3 is 2.62 bits per heavy atom. The van der Waals surface area contributed by atoms with E-state index in [1.807, 2.05) is 13.0 Å². The van der Waals surface area contributed by atoms with Gasteiger partial charge in [0, 0.05) is 12.2 Å². The fourth-order valence-electron chi connectivity index (χ4n) is 1.70. The third-order valence-electron chi connectivity index (χ3n) is 3.00. The van der Waals surface area contributed by atoms with Gasteiger partial charge in [0.25, 0.3) is 0 Å². The molecule has 1 amide bonds. The third kappa shape index (κ3) is 5.51. The summed E-state index contributed by atoms with van der Waals surface area (Å²) < 4.78 is 0.753. The number of carbonyl (C=O) groups is 1. The molecule has 2 rings (SSSR count). The standard InChI is InChI=1S/C16H19N5OS2/c1-10(2)9-18-15-20-21-16(24-15)23-11(3)14(22)19-13-6-4-12(8-17)5-7-13/h4-7,10-11H,9H2,1-3H3,(H,18,20)(H,19,22)/t11-/m0/s1. The van der Waals surface area contributed by atoms with Gasteiger partial charge in [-0.1, -0.05) is 36.9 Å². The summed E-state index contributed by atoms with van der Waals surface area (Å²) in [5.74, 6) is 0.415. The van der Waals surface area contributed by atoms with Gasteiger partial charge in [-0.2, -0.15) is 5.26 Å². The van der Waals surface area contributed by atoms with Gasteiger partial charge in [0.15, 0.2) is 4.34 Å². The Hall–Kier alpha value is -2.11. The lowest BCUT2D eigenvalue weighted by Gasteiger charge is -2.10. The van der Waals surface area contributed by atoms with Crippen molar-refractivity contribution in [2.45, 2.75) is 30.4 Å². The number of hydrogen-bond donors (Lipinski definition) is 2. The molecule has 8 heteroatoms. The summed E-state index contributed by atoms with van der Waals surface area (Å²) in [6, 6.07) is 8.82. The summed E-state index contributed by atoms with van der Waals surface area (Å²) in [5, 5.41) is 23.5. The zero-order valence-corrected chi connectivity index (χ0v) is 15.4. The van der Waals surface area contributed by atoms with Gasteiger partial charge in [0.2, 0.25) is 11.0 Å². The molecule has 24 heavy (non-hydrogen) atoms. The maximum atomic E-state index is 12.2. The van der Waals surface area contributed by atoms with Crippen LogP contribution < -0.4 is 10.6 Å². The lowest BCUT2D eigenvalue weighted by molar-refractivity contribution is -0.115. The van der Waals surface area contributed by atoms with Crippen LogP contribution in [0.5, 0.6) is 0 Å². The van der Waals surface area contributed by atoms with Crippen LogP contribution in [0, 0.1) is 17.2 Å². The predicted molar refractivity (Wildman–Crippen MR) is 98.3 cm³/mol. The number of amides is 1. The van der Waals surface area contributed by atoms with Crippen LogP contribution >= 0.6 is 23.1 Å². The van der Waals surface area contributed by atoms with Crippen molar-refractivity contribution < 1.29 is 4.79 Å². The monoisotopic (exact) mass is 361 g/mol. The SMILES string of the molecule is CC(C)CNc1nnc(S[C@@H](C)C(=O)Nc2ccc(C#N)cc2)s1. The summed E-state index contributed by atoms with van der Waals surface area (Å²) in [4.78, 5) is 12.2. The molecule has 0 spiro atoms. The molecule has 0 fully saturated rings. The molecule has 126 valence electrons. The second kappa shape index (κ2) is 8.66. The van der Waals surface area contributed by atoms with Crippen LogP contribution in [-0.2, 0) is 4.79 Å². The van der Waals surface area contributed by atoms with E-state index in [1.54, 1.807) is 24.3 Å². The summed E-state index contributed by atoms with van der Waals surface area (Å²) in [5.41, 5.74) is 1.23. The molecule has 6 nitrogen and oxygen atoms in total. The van der Waals surface area contributed by atoms with E-state index >= 15 is 0 Å². The van der Waals surface area contributed by atoms with Gasteiger partial charge in [-0.15, -0.1) is 10.2 Å². The summed E-state index contributed by atoms with van der Waals surface area (Å²) in [6.07, 6.45) is 0. The van der Waals surface area contributed by atoms with Crippen molar-refractivity contribution in [2.75, 3.05) is 17.2 Å². The number of carbonyl (C=O) groups excluding carboxylic acids is 1. The van der Waals surface area contributed by atoms with Crippen molar-refractivity contribution in [2.24, 2.45) is 5.92 Å². The average Bonchev–Trinajstić information content (AvgIpc) is 3.01. The molecule has 0 saturated heterocycles. The zero-order chi connectivity index (χ0) is 17.5. The molecule has 0 bridgehead atoms. The maximum Gasteiger partial charge on any atom is 0.237 e. The highest BCUT2D eigenvalue weighted by molar-refractivity contribution is 8.02. The third-order valence-corrected chi connectivity index (χ3v) is 5.06. The average molecular weight is 361 g/mol. The topological polar surface area (TPSA) is 90.7 Å². The molecule has 0 saturated carbocycles. The molecule has 1 atom stereocenters. The highest BCUT2D eigenvalue weighted by Gasteiger charge is 2.17. The first-order valence-corrected chi connectivity index (χ1v) is 9.22. The van der Waals surface area contributed by atoms with Crippen molar-refractivity contribution in [3.05, 3.63) is 29.8 Å². The van der Waals surface area contributed by atoms with Gasteiger partial charge in [0.1, 0.15) is 0 Å². The molecule has 0 aliphatic rings. The van der Waals surface area contributed by atoms with Crippen LogP contribution in [0.25, 0.3) is 0 Å². The zero-order valence-electron chi connectivity index (χ0n) is 13.7. The number of nitrogens with one attached hydrogen (secondary N) is 2. The summed E-state index contributed by atoms with van der Waals surface area (Å²) in [7, 11) is 0. The largest absolute Gasteiger partial charge is 0.360 e. The van der Waals surface area contributed by atoms with E-state index in [2.05, 4.69) is 34.7 Å². The van der Waals surface area contributed by atoms with Gasteiger partial charge in [-0.3, -0.25) is 4.79 Å². The van der Waals surface area contributed by atoms with Gasteiger partial charge in [-0.25, -0.2) is 0 Å². The van der Waals surface area contributed by atoms with Crippen molar-refractivity contribution in [3.63, 3.8) is 0 Å². The van der Waals surface area contributed by atoms with Crippen LogP contribution in [0.2, 0.25) is 0 Å². The fraction of sp³-hybridized carbons (Fsp3) is 0.375. The molecular formula is C16H19N5OS2. The second-order valence-electron chi connectivity index (χ2n) is 5.59. The Morgan fingerprint density at radius 2 is 2.00 bits per heavy atom. The Kier molecular flexibility index (Phi) is 6.58. The first-order valence-electron chi connectivity index (χ1n) is 7.53. The molecule has 0 aliphatic carbocycles. The number of anilines is 2. The molecule has 0 radical (unpaired) electrons. The van der Waals surface area contributed by atoms with Crippen LogP contribution in [0.4, 0.5) is 10.8 Å². The predicted octanol–water partition coefficient (Wildman–Crippen LogP) is 3.60. The van der Waals surface area contributed by atoms with E-state index in [-0.39, 0.29) is 11.2 Å². The molecule has 1 heterocycles. The second-order valence-corrected chi connectivity index (χ2v) is 8.15. The first kappa shape index (κ1) is 18.2. The summed E-state index contributed by atoms with van der Waals surface area (Å²) >= 11 is 2.82. The first-order chi connectivity index (χ1) is 11.5. The normalized spacial score (nSPS) is 11.8. The quantitative estimate of drug-likeness (QED) is 0.732. The van der Waals surface area contributed by atoms with E-state index in [9.17, 15) is 4.79 Å². The maximum absolute atomic E-state index is 12.2. The van der Waals surface area contributed by atoms with Crippen LogP contribution in [0.15, 0.2) is 28.6 Å². The highest BCUT2D eigenvalue weighted by Crippen LogP contribution is 2.29. The van der Waals surface area contributed by atoms with E-state index < -0.39 is 0 Å². The van der Waals surface area contributed by atoms with Crippen molar-refractivity contribution in [1.82, 2.24) is 10.2 Å². The Bertz CT molecular complexity index is 721. The van der Waals surface area contributed by atoms with Gasteiger partial charge in [-0.05, 0) is 37.1 Å². The van der Waals surface area contributed by atoms with E-state index in [0.717, 1.165) is 16.0 Å². The Morgan fingerprint density at radius 1 is 1.29 bits per heavy atom. The minimum atomic E-state index is -0.299. The number of thioether (sulfide) groups is 1. The molecular weight excluding hydrogens is 342 g/mol. The Labute approximate surface area is 149 Å². The fourth-order valence-corrected chi connectivity index (χ4v) is 3.60. The molecule has 2 aromatic rings. The van der Waals surface area contributed by atoms with Gasteiger partial charge < -0.3 is 10.6 Å². The van der Waals surface area contributed by atoms with Crippen molar-refractivity contribution in [3.8, 4) is 6.07 Å². The molecule has 1 aromatic heterocycles. The number of aromatic nitrogens is 2. The van der Waals surface area contributed by atoms with Crippen LogP contribution in [0.1, 0.15) is 26.3 Å². The minimum absolute atomic E-state index is 0.114. The van der Waals surface area contributed by atoms with E-state index in [1.165, 1.54) is 23.1 Å². The lowest BCUT2D eigenvalue weighted by Crippen LogP contribution is -2.22. The van der Waals surface area contributed by atoms with Gasteiger partial charge >= 0.3 is 0 Å². The lowest BCUT2D eigenvalue weighted by atomic mass is 10.2. The number of benzene rings is 1. The number of hydrogen-bond acceptors (Lipinski definition) is 7. The van der Waals surface area contributed by atoms with E-state index in [4.69, 9.17) is 5.26 Å². The molecule has 2 N–H and O–H groups in total. The molecule has 0 aliphatic heterocycles. The van der Waals surface area contributed by atoms with Crippen molar-refractivity contribution in [1.29, 1.82) is 5.26 Å². The van der Waals surface area contributed by atoms with Crippen LogP contribution in [-0.4, -0.2) is 27.9 Å². The highest BCUT2D eigenvalue weighted by atomic mass is 32.2. The number of nitrogens with zero attached hydrogens (tertiary/aromatic N) is 3. The minimum Gasteiger partial charge on any atom is -0.360 e. The van der Waals surface area contributed by atoms with Crippen molar-refractivity contribution >= 4 is 39.8 Å². The van der Waals surface area contributed by atoms with E-state index in [0.29, 0.717) is 17.2 Å². The summed E-state index contributed by atoms with van der Waals surface area (Å²) in [6.45, 7) is 6.92. The smallest absolute Gasteiger partial charge is 0.237 e. The Balaban J connectivity index is 1.88.